The van der Waals surface area contributed by atoms with Gasteiger partial charge in [-0.05, 0) is 32.1 Å². The molecule has 0 radical (unpaired) electrons. The van der Waals surface area contributed by atoms with Crippen molar-refractivity contribution in [3.63, 3.8) is 0 Å². The highest BCUT2D eigenvalue weighted by Gasteiger charge is 2.24. The predicted molar refractivity (Wildman–Crippen MR) is 62.3 cm³/mol. The van der Waals surface area contributed by atoms with Crippen LogP contribution in [0.3, 0.4) is 0 Å². The third kappa shape index (κ3) is 1.44. The van der Waals surface area contributed by atoms with Gasteiger partial charge in [-0.25, -0.2) is 4.98 Å². The number of anilines is 1. The zero-order valence-corrected chi connectivity index (χ0v) is 9.30. The number of nitrogen functional groups attached to an aromatic ring is 1. The van der Waals surface area contributed by atoms with E-state index in [1.165, 1.54) is 0 Å². The molecule has 1 aliphatic heterocycles. The summed E-state index contributed by atoms with van der Waals surface area (Å²) < 4.78 is 1.72. The minimum Gasteiger partial charge on any atom is -0.384 e. The van der Waals surface area contributed by atoms with Gasteiger partial charge in [-0.3, -0.25) is 0 Å². The molecule has 0 spiro atoms. The second-order valence-corrected chi connectivity index (χ2v) is 4.44. The maximum atomic E-state index is 5.85. The molecule has 16 heavy (non-hydrogen) atoms. The average Bonchev–Trinajstić information content (AvgIpc) is 2.84. The van der Waals surface area contributed by atoms with E-state index in [0.29, 0.717) is 11.7 Å². The molecule has 0 amide bonds. The lowest BCUT2D eigenvalue weighted by atomic mass is 10.1. The largest absolute Gasteiger partial charge is 0.384 e. The van der Waals surface area contributed by atoms with Crippen molar-refractivity contribution in [1.29, 1.82) is 0 Å². The van der Waals surface area contributed by atoms with Crippen LogP contribution in [0.1, 0.15) is 18.2 Å². The zero-order valence-electron chi connectivity index (χ0n) is 9.30. The molecule has 3 rings (SSSR count). The second-order valence-electron chi connectivity index (χ2n) is 4.44. The van der Waals surface area contributed by atoms with Crippen LogP contribution >= 0.6 is 0 Å². The predicted octanol–water partition coefficient (Wildman–Crippen LogP) is 0.731. The number of pyridine rings is 1. The number of aromatic nitrogens is 3. The Balaban J connectivity index is 2.02. The van der Waals surface area contributed by atoms with E-state index in [1.807, 2.05) is 18.2 Å². The van der Waals surface area contributed by atoms with Gasteiger partial charge in [0.1, 0.15) is 5.82 Å². The number of nitrogens with zero attached hydrogens (tertiary/aromatic N) is 4. The van der Waals surface area contributed by atoms with E-state index in [-0.39, 0.29) is 0 Å². The Hall–Kier alpha value is -1.62. The highest BCUT2D eigenvalue weighted by molar-refractivity contribution is 5.46. The Morgan fingerprint density at radius 2 is 2.31 bits per heavy atom. The fourth-order valence-electron chi connectivity index (χ4n) is 2.26. The average molecular weight is 217 g/mol. The van der Waals surface area contributed by atoms with Gasteiger partial charge in [0.05, 0.1) is 0 Å². The van der Waals surface area contributed by atoms with E-state index < -0.39 is 0 Å². The molecule has 1 saturated heterocycles. The Bertz CT molecular complexity index is 518. The Labute approximate surface area is 93.9 Å². The molecule has 2 N–H and O–H groups in total. The summed E-state index contributed by atoms with van der Waals surface area (Å²) >= 11 is 0. The summed E-state index contributed by atoms with van der Waals surface area (Å²) in [5.41, 5.74) is 6.68. The molecule has 0 aliphatic carbocycles. The molecule has 84 valence electrons. The number of nitrogens with two attached hydrogens (primary N) is 1. The fraction of sp³-hybridized carbons (Fsp3) is 0.455. The summed E-state index contributed by atoms with van der Waals surface area (Å²) in [5, 5.41) is 4.48. The molecule has 1 atom stereocenters. The number of hydrogen-bond donors (Lipinski definition) is 1. The van der Waals surface area contributed by atoms with Gasteiger partial charge in [0, 0.05) is 12.5 Å². The minimum absolute atomic E-state index is 0.448. The van der Waals surface area contributed by atoms with Crippen molar-refractivity contribution in [1.82, 2.24) is 19.5 Å². The van der Waals surface area contributed by atoms with Crippen LogP contribution in [0.2, 0.25) is 0 Å². The molecule has 1 fully saturated rings. The first-order valence-electron chi connectivity index (χ1n) is 5.54. The molecule has 3 heterocycles. The SMILES string of the molecule is CN1CCC(c2nc3cccc(N)n3n2)C1. The molecule has 2 aromatic heterocycles. The summed E-state index contributed by atoms with van der Waals surface area (Å²) in [4.78, 5) is 6.84. The number of likely N-dealkylation sites (N-methyl/N-ethyl adjacent to an activating group) is 1. The van der Waals surface area contributed by atoms with Gasteiger partial charge in [-0.1, -0.05) is 6.07 Å². The van der Waals surface area contributed by atoms with Crippen molar-refractivity contribution in [2.45, 2.75) is 12.3 Å². The highest BCUT2D eigenvalue weighted by Crippen LogP contribution is 2.24. The van der Waals surface area contributed by atoms with E-state index in [9.17, 15) is 0 Å². The summed E-state index contributed by atoms with van der Waals surface area (Å²) in [7, 11) is 2.13. The minimum atomic E-state index is 0.448. The van der Waals surface area contributed by atoms with E-state index >= 15 is 0 Å². The molecule has 2 aromatic rings. The van der Waals surface area contributed by atoms with E-state index in [1.54, 1.807) is 4.52 Å². The lowest BCUT2D eigenvalue weighted by molar-refractivity contribution is 0.409. The van der Waals surface area contributed by atoms with Crippen LogP contribution in [0.4, 0.5) is 5.82 Å². The topological polar surface area (TPSA) is 59.5 Å². The number of fused-ring (bicyclic) bond motifs is 1. The van der Waals surface area contributed by atoms with Gasteiger partial charge in [0.2, 0.25) is 0 Å². The fourth-order valence-corrected chi connectivity index (χ4v) is 2.26. The summed E-state index contributed by atoms with van der Waals surface area (Å²) in [6.07, 6.45) is 1.13. The Morgan fingerprint density at radius 1 is 1.44 bits per heavy atom. The molecule has 1 unspecified atom stereocenters. The standard InChI is InChI=1S/C11H15N5/c1-15-6-5-8(7-15)11-13-10-4-2-3-9(12)16(10)14-11/h2-4,8H,5-7,12H2,1H3. The quantitative estimate of drug-likeness (QED) is 0.765. The number of likely N-dealkylation sites (tertiary alicyclic amines) is 1. The number of hydrogen-bond acceptors (Lipinski definition) is 4. The summed E-state index contributed by atoms with van der Waals surface area (Å²) in [5.74, 6) is 2.01. The van der Waals surface area contributed by atoms with Crippen molar-refractivity contribution >= 4 is 11.5 Å². The normalized spacial score (nSPS) is 21.9. The number of rotatable bonds is 1. The second kappa shape index (κ2) is 3.45. The van der Waals surface area contributed by atoms with E-state index in [0.717, 1.165) is 31.0 Å². The van der Waals surface area contributed by atoms with Gasteiger partial charge < -0.3 is 10.6 Å². The zero-order chi connectivity index (χ0) is 11.1. The highest BCUT2D eigenvalue weighted by atomic mass is 15.3. The van der Waals surface area contributed by atoms with Crippen LogP contribution in [0, 0.1) is 0 Å². The van der Waals surface area contributed by atoms with Crippen LogP contribution in [0.5, 0.6) is 0 Å². The van der Waals surface area contributed by atoms with Crippen molar-refractivity contribution < 1.29 is 0 Å². The smallest absolute Gasteiger partial charge is 0.157 e. The monoisotopic (exact) mass is 217 g/mol. The Kier molecular flexibility index (Phi) is 2.07. The first-order chi connectivity index (χ1) is 7.74. The first kappa shape index (κ1) is 9.59. The Morgan fingerprint density at radius 3 is 3.00 bits per heavy atom. The maximum Gasteiger partial charge on any atom is 0.157 e. The third-order valence-electron chi connectivity index (χ3n) is 3.16. The van der Waals surface area contributed by atoms with Crippen LogP contribution in [-0.2, 0) is 0 Å². The third-order valence-corrected chi connectivity index (χ3v) is 3.16. The molecular weight excluding hydrogens is 202 g/mol. The van der Waals surface area contributed by atoms with Crippen molar-refractivity contribution in [3.05, 3.63) is 24.0 Å². The van der Waals surface area contributed by atoms with Gasteiger partial charge in [-0.2, -0.15) is 4.52 Å². The van der Waals surface area contributed by atoms with Crippen molar-refractivity contribution in [3.8, 4) is 0 Å². The summed E-state index contributed by atoms with van der Waals surface area (Å²) in [6, 6.07) is 5.68. The maximum absolute atomic E-state index is 5.85. The van der Waals surface area contributed by atoms with Gasteiger partial charge in [0.15, 0.2) is 11.5 Å². The molecular formula is C11H15N5. The molecule has 1 aliphatic rings. The van der Waals surface area contributed by atoms with Crippen LogP contribution in [-0.4, -0.2) is 39.6 Å². The van der Waals surface area contributed by atoms with Crippen LogP contribution in [0.25, 0.3) is 5.65 Å². The molecule has 0 saturated carbocycles. The van der Waals surface area contributed by atoms with Crippen molar-refractivity contribution in [2.75, 3.05) is 25.9 Å². The van der Waals surface area contributed by atoms with Gasteiger partial charge >= 0.3 is 0 Å². The van der Waals surface area contributed by atoms with Crippen LogP contribution in [0.15, 0.2) is 18.2 Å². The lowest BCUT2D eigenvalue weighted by Crippen LogP contribution is -2.13. The molecule has 0 aromatic carbocycles. The van der Waals surface area contributed by atoms with Crippen molar-refractivity contribution in [2.24, 2.45) is 0 Å². The molecule has 5 heteroatoms. The van der Waals surface area contributed by atoms with Gasteiger partial charge in [-0.15, -0.1) is 5.10 Å². The van der Waals surface area contributed by atoms with Gasteiger partial charge in [0.25, 0.3) is 0 Å². The van der Waals surface area contributed by atoms with Crippen LogP contribution < -0.4 is 5.73 Å². The molecule has 5 nitrogen and oxygen atoms in total. The van der Waals surface area contributed by atoms with E-state index in [2.05, 4.69) is 22.0 Å². The summed E-state index contributed by atoms with van der Waals surface area (Å²) in [6.45, 7) is 2.16. The lowest BCUT2D eigenvalue weighted by Gasteiger charge is -2.05. The molecule has 0 bridgehead atoms. The van der Waals surface area contributed by atoms with E-state index in [4.69, 9.17) is 5.73 Å². The first-order valence-corrected chi connectivity index (χ1v) is 5.54.